The number of fused-ring (bicyclic) bond motifs is 2. The number of hydrogen-bond donors (Lipinski definition) is 2. The van der Waals surface area contributed by atoms with Crippen LogP contribution in [0.5, 0.6) is 11.5 Å². The predicted molar refractivity (Wildman–Crippen MR) is 115 cm³/mol. The Bertz CT molecular complexity index is 1060. The lowest BCUT2D eigenvalue weighted by Crippen LogP contribution is -2.51. The van der Waals surface area contributed by atoms with Gasteiger partial charge in [0.05, 0.1) is 17.7 Å². The van der Waals surface area contributed by atoms with Gasteiger partial charge in [-0.15, -0.1) is 0 Å². The Hall–Kier alpha value is -3.59. The first kappa shape index (κ1) is 20.3. The molecule has 5 rings (SSSR count). The second-order valence-corrected chi connectivity index (χ2v) is 8.11. The van der Waals surface area contributed by atoms with Crippen molar-refractivity contribution in [1.82, 2.24) is 15.1 Å². The number of benzene rings is 2. The van der Waals surface area contributed by atoms with Gasteiger partial charge in [-0.1, -0.05) is 18.2 Å². The van der Waals surface area contributed by atoms with Crippen LogP contribution in [0.1, 0.15) is 22.3 Å². The van der Waals surface area contributed by atoms with Gasteiger partial charge in [0, 0.05) is 32.7 Å². The summed E-state index contributed by atoms with van der Waals surface area (Å²) in [7, 11) is 0. The van der Waals surface area contributed by atoms with Crippen LogP contribution in [0.25, 0.3) is 0 Å². The van der Waals surface area contributed by atoms with E-state index in [9.17, 15) is 14.4 Å². The number of para-hydroxylation sites is 1. The quantitative estimate of drug-likeness (QED) is 0.747. The number of anilines is 1. The number of carbonyl (C=O) groups is 3. The van der Waals surface area contributed by atoms with Crippen LogP contribution >= 0.6 is 0 Å². The number of nitrogens with one attached hydrogen (secondary N) is 2. The second-order valence-electron chi connectivity index (χ2n) is 8.11. The summed E-state index contributed by atoms with van der Waals surface area (Å²) in [5.41, 5.74) is 1.99. The molecule has 3 aliphatic rings. The first-order valence-corrected chi connectivity index (χ1v) is 10.7. The minimum Gasteiger partial charge on any atom is -0.454 e. The fraction of sp³-hybridized carbons (Fsp3) is 0.348. The number of ether oxygens (including phenoxy) is 2. The summed E-state index contributed by atoms with van der Waals surface area (Å²) in [6, 6.07) is 11.9. The maximum Gasteiger partial charge on any atom is 0.254 e. The zero-order valence-corrected chi connectivity index (χ0v) is 17.5. The van der Waals surface area contributed by atoms with Crippen molar-refractivity contribution in [1.29, 1.82) is 0 Å². The lowest BCUT2D eigenvalue weighted by molar-refractivity contribution is -0.135. The molecule has 2 N–H and O–H groups in total. The number of hydrogen-bond acceptors (Lipinski definition) is 6. The van der Waals surface area contributed by atoms with E-state index in [1.807, 2.05) is 18.2 Å². The van der Waals surface area contributed by atoms with Gasteiger partial charge in [0.2, 0.25) is 18.6 Å². The Morgan fingerprint density at radius 1 is 1.00 bits per heavy atom. The van der Waals surface area contributed by atoms with E-state index in [-0.39, 0.29) is 30.9 Å². The molecule has 3 amide bonds. The largest absolute Gasteiger partial charge is 0.454 e. The van der Waals surface area contributed by atoms with E-state index in [1.165, 1.54) is 0 Å². The molecule has 0 aliphatic carbocycles. The Morgan fingerprint density at radius 2 is 1.78 bits per heavy atom. The number of piperazine rings is 1. The SMILES string of the molecule is O=C1N[C@@H](CC(=O)N2CCN(Cc3ccc4c(c3)OCO4)CC2)C(=O)Nc2ccccc21. The lowest BCUT2D eigenvalue weighted by Gasteiger charge is -2.35. The standard InChI is InChI=1S/C23H24N4O5/c28-21(12-18-23(30)24-17-4-2-1-3-16(17)22(29)25-18)27-9-7-26(8-10-27)13-15-5-6-19-20(11-15)32-14-31-19/h1-6,11,18H,7-10,12-14H2,(H,24,30)(H,25,29)/t18-/m0/s1. The summed E-state index contributed by atoms with van der Waals surface area (Å²) >= 11 is 0. The van der Waals surface area contributed by atoms with E-state index in [0.29, 0.717) is 24.3 Å². The molecule has 3 heterocycles. The highest BCUT2D eigenvalue weighted by atomic mass is 16.7. The molecule has 1 fully saturated rings. The van der Waals surface area contributed by atoms with Gasteiger partial charge in [-0.2, -0.15) is 0 Å². The summed E-state index contributed by atoms with van der Waals surface area (Å²) in [5, 5.41) is 5.43. The summed E-state index contributed by atoms with van der Waals surface area (Å²) in [6.07, 6.45) is -0.0618. The maximum atomic E-state index is 12.8. The molecular formula is C23H24N4O5. The fourth-order valence-corrected chi connectivity index (χ4v) is 4.21. The van der Waals surface area contributed by atoms with Crippen molar-refractivity contribution < 1.29 is 23.9 Å². The Morgan fingerprint density at radius 3 is 2.62 bits per heavy atom. The first-order chi connectivity index (χ1) is 15.6. The minimum atomic E-state index is -0.894. The van der Waals surface area contributed by atoms with Crippen LogP contribution < -0.4 is 20.1 Å². The average Bonchev–Trinajstić information content (AvgIpc) is 3.23. The van der Waals surface area contributed by atoms with Gasteiger partial charge < -0.3 is 25.0 Å². The summed E-state index contributed by atoms with van der Waals surface area (Å²) in [5.74, 6) is 0.659. The van der Waals surface area contributed by atoms with Crippen LogP contribution in [0.4, 0.5) is 5.69 Å². The van der Waals surface area contributed by atoms with Crippen LogP contribution in [0.2, 0.25) is 0 Å². The molecule has 32 heavy (non-hydrogen) atoms. The lowest BCUT2D eigenvalue weighted by atomic mass is 10.1. The molecule has 0 radical (unpaired) electrons. The minimum absolute atomic E-state index is 0.0618. The van der Waals surface area contributed by atoms with Gasteiger partial charge in [-0.05, 0) is 29.8 Å². The van der Waals surface area contributed by atoms with Crippen molar-refractivity contribution >= 4 is 23.4 Å². The van der Waals surface area contributed by atoms with Gasteiger partial charge in [-0.25, -0.2) is 0 Å². The van der Waals surface area contributed by atoms with Crippen LogP contribution in [0, 0.1) is 0 Å². The molecule has 9 heteroatoms. The third-order valence-corrected chi connectivity index (χ3v) is 6.00. The summed E-state index contributed by atoms with van der Waals surface area (Å²) in [6.45, 7) is 3.63. The number of amides is 3. The van der Waals surface area contributed by atoms with E-state index in [2.05, 4.69) is 15.5 Å². The van der Waals surface area contributed by atoms with Crippen molar-refractivity contribution in [3.8, 4) is 11.5 Å². The molecule has 1 saturated heterocycles. The van der Waals surface area contributed by atoms with Gasteiger partial charge in [0.1, 0.15) is 6.04 Å². The van der Waals surface area contributed by atoms with Crippen LogP contribution in [-0.2, 0) is 16.1 Å². The van der Waals surface area contributed by atoms with Gasteiger partial charge in [0.25, 0.3) is 5.91 Å². The van der Waals surface area contributed by atoms with Crippen LogP contribution in [0.15, 0.2) is 42.5 Å². The molecule has 166 valence electrons. The molecule has 0 bridgehead atoms. The van der Waals surface area contributed by atoms with E-state index in [1.54, 1.807) is 29.2 Å². The number of rotatable bonds is 4. The highest BCUT2D eigenvalue weighted by Gasteiger charge is 2.31. The van der Waals surface area contributed by atoms with E-state index >= 15 is 0 Å². The Kier molecular flexibility index (Phi) is 5.40. The molecule has 2 aromatic rings. The zero-order chi connectivity index (χ0) is 22.1. The smallest absolute Gasteiger partial charge is 0.254 e. The molecule has 0 saturated carbocycles. The third-order valence-electron chi connectivity index (χ3n) is 6.00. The second kappa shape index (κ2) is 8.51. The normalized spacial score (nSPS) is 20.2. The Balaban J connectivity index is 1.15. The van der Waals surface area contributed by atoms with Crippen LogP contribution in [0.3, 0.4) is 0 Å². The zero-order valence-electron chi connectivity index (χ0n) is 17.5. The highest BCUT2D eigenvalue weighted by Crippen LogP contribution is 2.32. The molecule has 0 spiro atoms. The molecule has 3 aliphatic heterocycles. The molecule has 0 aromatic heterocycles. The monoisotopic (exact) mass is 436 g/mol. The highest BCUT2D eigenvalue weighted by molar-refractivity contribution is 6.10. The predicted octanol–water partition coefficient (Wildman–Crippen LogP) is 1.20. The van der Waals surface area contributed by atoms with Crippen molar-refractivity contribution in [3.63, 3.8) is 0 Å². The molecule has 9 nitrogen and oxygen atoms in total. The van der Waals surface area contributed by atoms with Gasteiger partial charge in [0.15, 0.2) is 11.5 Å². The summed E-state index contributed by atoms with van der Waals surface area (Å²) < 4.78 is 10.8. The van der Waals surface area contributed by atoms with Crippen molar-refractivity contribution in [2.45, 2.75) is 19.0 Å². The van der Waals surface area contributed by atoms with Crippen molar-refractivity contribution in [2.24, 2.45) is 0 Å². The Labute approximate surface area is 185 Å². The number of carbonyl (C=O) groups excluding carboxylic acids is 3. The first-order valence-electron chi connectivity index (χ1n) is 10.7. The van der Waals surface area contributed by atoms with E-state index in [0.717, 1.165) is 36.7 Å². The van der Waals surface area contributed by atoms with E-state index in [4.69, 9.17) is 9.47 Å². The molecule has 2 aromatic carbocycles. The average molecular weight is 436 g/mol. The summed E-state index contributed by atoms with van der Waals surface area (Å²) in [4.78, 5) is 41.9. The fourth-order valence-electron chi connectivity index (χ4n) is 4.21. The van der Waals surface area contributed by atoms with E-state index < -0.39 is 6.04 Å². The topological polar surface area (TPSA) is 100 Å². The van der Waals surface area contributed by atoms with Gasteiger partial charge in [-0.3, -0.25) is 19.3 Å². The molecular weight excluding hydrogens is 412 g/mol. The van der Waals surface area contributed by atoms with Crippen LogP contribution in [-0.4, -0.2) is 66.5 Å². The number of nitrogens with zero attached hydrogens (tertiary/aromatic N) is 2. The maximum absolute atomic E-state index is 12.8. The third kappa shape index (κ3) is 4.11. The molecule has 0 unspecified atom stereocenters. The molecule has 1 atom stereocenters. The van der Waals surface area contributed by atoms with Crippen molar-refractivity contribution in [2.75, 3.05) is 38.3 Å². The van der Waals surface area contributed by atoms with Gasteiger partial charge >= 0.3 is 0 Å². The van der Waals surface area contributed by atoms with Crippen molar-refractivity contribution in [3.05, 3.63) is 53.6 Å².